The summed E-state index contributed by atoms with van der Waals surface area (Å²) in [5.74, 6) is 5.62. The molecule has 31 heavy (non-hydrogen) atoms. The first-order valence-electron chi connectivity index (χ1n) is 10.7. The van der Waals surface area contributed by atoms with Crippen LogP contribution in [0.5, 0.6) is 5.75 Å². The van der Waals surface area contributed by atoms with Crippen LogP contribution in [0.2, 0.25) is 0 Å². The number of esters is 1. The van der Waals surface area contributed by atoms with Crippen molar-refractivity contribution in [1.29, 1.82) is 0 Å². The van der Waals surface area contributed by atoms with E-state index in [4.69, 9.17) is 18.9 Å². The average molecular weight is 424 g/mol. The molecule has 0 radical (unpaired) electrons. The summed E-state index contributed by atoms with van der Waals surface area (Å²) >= 11 is 0. The molecule has 0 saturated carbocycles. The topological polar surface area (TPSA) is 71.1 Å². The van der Waals surface area contributed by atoms with Gasteiger partial charge in [-0.05, 0) is 31.5 Å². The Bertz CT molecular complexity index is 995. The number of hydrogen-bond acceptors (Lipinski definition) is 6. The molecule has 3 aliphatic rings. The molecule has 0 spiro atoms. The SMILES string of the molecule is CC#Cc1ccc(C2=C(OC(=O)C(C)C)[C@@H]3[C@H](C2=O)[C@@H]2O[C@H]3C[C@@H]2COC)c(OC)c1. The molecule has 5 atom stereocenters. The first-order valence-corrected chi connectivity index (χ1v) is 10.7. The van der Waals surface area contributed by atoms with Gasteiger partial charge >= 0.3 is 5.97 Å². The second-order valence-corrected chi connectivity index (χ2v) is 8.61. The lowest BCUT2D eigenvalue weighted by Crippen LogP contribution is -2.37. The maximum absolute atomic E-state index is 13.7. The van der Waals surface area contributed by atoms with E-state index in [1.54, 1.807) is 41.1 Å². The summed E-state index contributed by atoms with van der Waals surface area (Å²) in [6, 6.07) is 5.48. The van der Waals surface area contributed by atoms with E-state index in [1.165, 1.54) is 0 Å². The summed E-state index contributed by atoms with van der Waals surface area (Å²) < 4.78 is 23.0. The monoisotopic (exact) mass is 424 g/mol. The molecule has 0 aromatic heterocycles. The third-order valence-corrected chi connectivity index (χ3v) is 6.37. The summed E-state index contributed by atoms with van der Waals surface area (Å²) in [4.78, 5) is 26.3. The van der Waals surface area contributed by atoms with E-state index >= 15 is 0 Å². The third kappa shape index (κ3) is 3.56. The van der Waals surface area contributed by atoms with E-state index in [0.717, 1.165) is 12.0 Å². The zero-order valence-corrected chi connectivity index (χ0v) is 18.6. The normalized spacial score (nSPS) is 28.6. The van der Waals surface area contributed by atoms with Gasteiger partial charge in [0.2, 0.25) is 0 Å². The van der Waals surface area contributed by atoms with Gasteiger partial charge < -0.3 is 18.9 Å². The maximum Gasteiger partial charge on any atom is 0.313 e. The first-order chi connectivity index (χ1) is 14.9. The molecule has 164 valence electrons. The lowest BCUT2D eigenvalue weighted by Gasteiger charge is -2.27. The Labute approximate surface area is 182 Å². The van der Waals surface area contributed by atoms with Crippen LogP contribution in [0.4, 0.5) is 0 Å². The van der Waals surface area contributed by atoms with Crippen molar-refractivity contribution in [3.8, 4) is 17.6 Å². The highest BCUT2D eigenvalue weighted by atomic mass is 16.6. The Hall–Kier alpha value is -2.62. The second-order valence-electron chi connectivity index (χ2n) is 8.61. The fourth-order valence-corrected chi connectivity index (χ4v) is 5.05. The fourth-order valence-electron chi connectivity index (χ4n) is 5.05. The highest BCUT2D eigenvalue weighted by Gasteiger charge is 2.63. The standard InChI is InChI=1S/C25H28O6/c1-6-7-14-8-9-16(17(10-14)29-5)19-22(26)21-20(24(19)31-25(27)13(2)3)18-11-15(12-28-4)23(21)30-18/h8-10,13,15,18,20-21,23H,11-12H2,1-5H3/t15-,18+,20+,21-,23-/m1/s1. The van der Waals surface area contributed by atoms with Gasteiger partial charge in [-0.15, -0.1) is 5.92 Å². The fraction of sp³-hybridized carbons (Fsp3) is 0.520. The minimum Gasteiger partial charge on any atom is -0.496 e. The van der Waals surface area contributed by atoms with Crippen LogP contribution in [-0.2, 0) is 23.8 Å². The highest BCUT2D eigenvalue weighted by molar-refractivity contribution is 6.26. The maximum atomic E-state index is 13.7. The minimum absolute atomic E-state index is 0.0579. The van der Waals surface area contributed by atoms with Crippen molar-refractivity contribution in [1.82, 2.24) is 0 Å². The number of carbonyl (C=O) groups excluding carboxylic acids is 2. The number of rotatable bonds is 6. The van der Waals surface area contributed by atoms with Gasteiger partial charge in [0.25, 0.3) is 0 Å². The van der Waals surface area contributed by atoms with Crippen LogP contribution in [0.15, 0.2) is 24.0 Å². The van der Waals surface area contributed by atoms with E-state index in [1.807, 2.05) is 12.1 Å². The Morgan fingerprint density at radius 3 is 2.68 bits per heavy atom. The Balaban J connectivity index is 1.81. The number of carbonyl (C=O) groups is 2. The molecule has 4 rings (SSSR count). The molecule has 1 aromatic rings. The largest absolute Gasteiger partial charge is 0.496 e. The van der Waals surface area contributed by atoms with Gasteiger partial charge in [0.05, 0.1) is 49.3 Å². The van der Waals surface area contributed by atoms with Crippen molar-refractivity contribution in [2.45, 2.75) is 39.4 Å². The highest BCUT2D eigenvalue weighted by Crippen LogP contribution is 2.57. The van der Waals surface area contributed by atoms with Crippen molar-refractivity contribution >= 4 is 17.3 Å². The minimum atomic E-state index is -0.372. The number of allylic oxidation sites excluding steroid dienone is 1. The number of ketones is 1. The summed E-state index contributed by atoms with van der Waals surface area (Å²) in [5.41, 5.74) is 1.84. The zero-order chi connectivity index (χ0) is 22.3. The van der Waals surface area contributed by atoms with Crippen LogP contribution in [0.1, 0.15) is 38.3 Å². The Morgan fingerprint density at radius 2 is 2.03 bits per heavy atom. The van der Waals surface area contributed by atoms with Crippen LogP contribution < -0.4 is 4.74 Å². The lowest BCUT2D eigenvalue weighted by atomic mass is 9.75. The molecule has 1 aliphatic carbocycles. The molecule has 0 amide bonds. The quantitative estimate of drug-likeness (QED) is 0.516. The molecule has 2 bridgehead atoms. The van der Waals surface area contributed by atoms with Gasteiger partial charge in [0.1, 0.15) is 11.5 Å². The third-order valence-electron chi connectivity index (χ3n) is 6.37. The molecule has 2 heterocycles. The van der Waals surface area contributed by atoms with E-state index in [-0.39, 0.29) is 47.6 Å². The summed E-state index contributed by atoms with van der Waals surface area (Å²) in [5, 5.41) is 0. The molecular formula is C25H28O6. The van der Waals surface area contributed by atoms with E-state index < -0.39 is 0 Å². The summed E-state index contributed by atoms with van der Waals surface area (Å²) in [6.45, 7) is 5.87. The predicted octanol–water partition coefficient (Wildman–Crippen LogP) is 3.23. The molecule has 0 unspecified atom stereocenters. The number of benzene rings is 1. The molecule has 2 fully saturated rings. The number of fused-ring (bicyclic) bond motifs is 5. The van der Waals surface area contributed by atoms with Gasteiger partial charge in [-0.2, -0.15) is 0 Å². The molecular weight excluding hydrogens is 396 g/mol. The Morgan fingerprint density at radius 1 is 1.26 bits per heavy atom. The molecule has 0 N–H and O–H groups in total. The van der Waals surface area contributed by atoms with Gasteiger partial charge in [0.15, 0.2) is 5.78 Å². The zero-order valence-electron chi connectivity index (χ0n) is 18.6. The lowest BCUT2D eigenvalue weighted by molar-refractivity contribution is -0.144. The van der Waals surface area contributed by atoms with E-state index in [9.17, 15) is 9.59 Å². The molecule has 2 aliphatic heterocycles. The van der Waals surface area contributed by atoms with Crippen molar-refractivity contribution in [2.24, 2.45) is 23.7 Å². The number of Topliss-reactive ketones (excluding diaryl/α,β-unsaturated/α-hetero) is 1. The number of hydrogen-bond donors (Lipinski definition) is 0. The Kier molecular flexibility index (Phi) is 5.92. The average Bonchev–Trinajstić information content (AvgIpc) is 3.39. The van der Waals surface area contributed by atoms with Crippen molar-refractivity contribution in [3.05, 3.63) is 35.1 Å². The molecule has 6 heteroatoms. The molecule has 1 aromatic carbocycles. The van der Waals surface area contributed by atoms with E-state index in [0.29, 0.717) is 29.3 Å². The van der Waals surface area contributed by atoms with Crippen molar-refractivity contribution in [2.75, 3.05) is 20.8 Å². The number of methoxy groups -OCH3 is 2. The van der Waals surface area contributed by atoms with Crippen LogP contribution in [0.25, 0.3) is 5.57 Å². The van der Waals surface area contributed by atoms with Crippen LogP contribution in [0.3, 0.4) is 0 Å². The van der Waals surface area contributed by atoms with Crippen molar-refractivity contribution < 1.29 is 28.5 Å². The van der Waals surface area contributed by atoms with Crippen LogP contribution >= 0.6 is 0 Å². The number of ether oxygens (including phenoxy) is 4. The molecule has 6 nitrogen and oxygen atoms in total. The van der Waals surface area contributed by atoms with Crippen molar-refractivity contribution in [3.63, 3.8) is 0 Å². The van der Waals surface area contributed by atoms with Crippen LogP contribution in [-0.4, -0.2) is 44.8 Å². The van der Waals surface area contributed by atoms with Gasteiger partial charge in [-0.1, -0.05) is 19.8 Å². The second kappa shape index (κ2) is 8.49. The van der Waals surface area contributed by atoms with Crippen LogP contribution in [0, 0.1) is 35.5 Å². The first kappa shape index (κ1) is 21.6. The summed E-state index contributed by atoms with van der Waals surface area (Å²) in [6.07, 6.45) is 0.386. The van der Waals surface area contributed by atoms with E-state index in [2.05, 4.69) is 11.8 Å². The predicted molar refractivity (Wildman–Crippen MR) is 114 cm³/mol. The van der Waals surface area contributed by atoms with Gasteiger partial charge in [-0.3, -0.25) is 9.59 Å². The summed E-state index contributed by atoms with van der Waals surface area (Å²) in [7, 11) is 3.22. The smallest absolute Gasteiger partial charge is 0.313 e. The molecule has 2 saturated heterocycles. The van der Waals surface area contributed by atoms with Gasteiger partial charge in [-0.25, -0.2) is 0 Å². The van der Waals surface area contributed by atoms with Gasteiger partial charge in [0, 0.05) is 24.2 Å².